The first-order valence-electron chi connectivity index (χ1n) is 37.7. The summed E-state index contributed by atoms with van der Waals surface area (Å²) in [6, 6.07) is 5.77. The molecule has 16 aliphatic carbocycles. The molecule has 20 aliphatic rings. The smallest absolute Gasteiger partial charge is 0.449 e. The summed E-state index contributed by atoms with van der Waals surface area (Å²) in [5.41, 5.74) is 27.2. The van der Waals surface area contributed by atoms with Crippen LogP contribution in [-0.2, 0) is 25.7 Å². The Morgan fingerprint density at radius 1 is 0.447 bits per heavy atom. The summed E-state index contributed by atoms with van der Waals surface area (Å²) < 4.78 is 0. The molecule has 12 atom stereocenters. The number of benzene rings is 1. The fourth-order valence-corrected chi connectivity index (χ4v) is 27.5. The van der Waals surface area contributed by atoms with Crippen LogP contribution in [0.25, 0.3) is 0 Å². The molecule has 23 heteroatoms. The lowest BCUT2D eigenvalue weighted by Crippen LogP contribution is -2.65. The quantitative estimate of drug-likeness (QED) is 0.0833. The Hall–Kier alpha value is -2.75. The number of carbonyl (C=O) groups excluding carboxylic acids is 4. The lowest BCUT2D eigenvalue weighted by atomic mass is 9.46. The number of nitrogens with two attached hydrogens (primary N) is 4. The molecule has 14 N–H and O–H groups in total. The Balaban J connectivity index is 0.000000108. The second kappa shape index (κ2) is 25.7. The van der Waals surface area contributed by atoms with Crippen molar-refractivity contribution >= 4 is 63.1 Å². The zero-order valence-electron chi connectivity index (χ0n) is 56.8. The van der Waals surface area contributed by atoms with Crippen molar-refractivity contribution in [1.29, 1.82) is 0 Å². The van der Waals surface area contributed by atoms with Gasteiger partial charge in [-0.3, -0.25) is 19.2 Å². The average Bonchev–Trinajstić information content (AvgIpc) is 0.816. The number of hydrogen-bond acceptors (Lipinski definition) is 14. The largest absolute Gasteiger partial charge is 0.480 e. The summed E-state index contributed by atoms with van der Waals surface area (Å²) in [5, 5.41) is 60.7. The number of aliphatic hydroxyl groups is 1. The van der Waals surface area contributed by atoms with Crippen LogP contribution in [0.1, 0.15) is 210 Å². The van der Waals surface area contributed by atoms with E-state index in [2.05, 4.69) is 0 Å². The highest BCUT2D eigenvalue weighted by atomic mass is 35.5. The van der Waals surface area contributed by atoms with Gasteiger partial charge in [-0.15, -0.1) is 11.6 Å². The summed E-state index contributed by atoms with van der Waals surface area (Å²) in [6.07, 6.45) is 32.5. The van der Waals surface area contributed by atoms with Crippen LogP contribution >= 0.6 is 11.6 Å². The zero-order chi connectivity index (χ0) is 66.3. The van der Waals surface area contributed by atoms with E-state index in [1.165, 1.54) is 70.6 Å². The molecule has 4 amide bonds. The van der Waals surface area contributed by atoms with E-state index >= 15 is 0 Å². The maximum atomic E-state index is 13.4. The minimum Gasteiger partial charge on any atom is -0.449 e. The van der Waals surface area contributed by atoms with Crippen LogP contribution < -0.4 is 22.9 Å². The molecule has 1 aromatic carbocycles. The summed E-state index contributed by atoms with van der Waals surface area (Å²) in [7, 11) is -1.59. The van der Waals surface area contributed by atoms with E-state index in [1.807, 2.05) is 39.0 Å². The molecule has 18 nitrogen and oxygen atoms in total. The minimum absolute atomic E-state index is 0.000972. The van der Waals surface area contributed by atoms with Gasteiger partial charge in [0.05, 0.1) is 35.7 Å². The topological polar surface area (TPSA) is 307 Å². The average molecular weight is 1320 g/mol. The maximum Gasteiger partial charge on any atom is 0.480 e. The Morgan fingerprint density at radius 3 is 1.10 bits per heavy atom. The number of fused-ring (bicyclic) bond motifs is 1. The van der Waals surface area contributed by atoms with Crippen molar-refractivity contribution in [3.05, 3.63) is 35.4 Å². The fraction of sp³-hybridized carbons (Fsp3) is 0.859. The molecule has 516 valence electrons. The Bertz CT molecular complexity index is 2810. The first-order chi connectivity index (χ1) is 44.6. The molecular formula is C71H113B4ClN8O10. The molecule has 12 unspecified atom stereocenters. The van der Waals surface area contributed by atoms with Crippen molar-refractivity contribution in [2.24, 2.45) is 104 Å². The van der Waals surface area contributed by atoms with Crippen LogP contribution in [0.15, 0.2) is 24.3 Å². The molecule has 0 spiro atoms. The van der Waals surface area contributed by atoms with Gasteiger partial charge in [0.25, 0.3) is 0 Å². The van der Waals surface area contributed by atoms with E-state index in [0.717, 1.165) is 175 Å². The number of alkyl halides is 1. The standard InChI is InChI=1S/C20H27BN2O3.C17H28BClN2O2.C17H29BN2O3.C17H29BN2O2/c22-17(20-8-12-5-13(9-20)7-14(6-12)10-20)19(24)23-11-15-3-1-2-4-16(15)18(23)21(25)26;1-18(23)13-3-2-4-21(13)15(22)14(20)16-6-11-5-12(7-16)9-17(19,8-11)10-16;1-18(23)13-3-2-4-20(13)15(21)14(19)16-6-11-5-12(7-16)9-17(22,8-11)10-16;1-18(22)14-3-2-4-20(14)16(21)15(19)17-8-11-5-12(9-17)7-13(6-11)10-17/h1-4,12-14,17-18,25-26H,5-11,22H2;11-14,23H,2-10,20H2,1H3;11-14,22-23H,2-10,19H2,1H3;11-15,22H,2-10,19H2,1H3. The molecule has 1 aromatic rings. The molecule has 4 heterocycles. The number of amides is 4. The second-order valence-corrected chi connectivity index (χ2v) is 36.8. The summed E-state index contributed by atoms with van der Waals surface area (Å²) in [6.45, 7) is 6.52. The Labute approximate surface area is 566 Å². The minimum atomic E-state index is -1.59. The Kier molecular flexibility index (Phi) is 18.7. The summed E-state index contributed by atoms with van der Waals surface area (Å²) in [5.74, 6) is 6.18. The SMILES string of the molecule is CB(O)C1CCCN1C(=O)C(N)C12CC3CC(CC(C3)C1)C2.CB(O)C1CCCN1C(=O)C(N)C12CC3CC(CC(Cl)(C3)C1)C2.CB(O)C1CCCN1C(=O)C(N)C12CC3CC(CC(O)(C3)C1)C2.NC(C(=O)N1Cc2ccccc2C1B(O)O)C12CC3CC(CC(C3)C1)C2. The van der Waals surface area contributed by atoms with Crippen LogP contribution in [0.3, 0.4) is 0 Å². The molecular weight excluding hydrogens is 1200 g/mol. The predicted octanol–water partition coefficient (Wildman–Crippen LogP) is 6.12. The molecule has 3 saturated heterocycles. The molecule has 16 saturated carbocycles. The van der Waals surface area contributed by atoms with Crippen molar-refractivity contribution in [1.82, 2.24) is 19.6 Å². The fourth-order valence-electron chi connectivity index (χ4n) is 26.8. The van der Waals surface area contributed by atoms with Crippen molar-refractivity contribution < 1.29 is 49.4 Å². The van der Waals surface area contributed by atoms with Gasteiger partial charge in [0.1, 0.15) is 0 Å². The maximum absolute atomic E-state index is 13.4. The Morgan fingerprint density at radius 2 is 0.755 bits per heavy atom. The van der Waals surface area contributed by atoms with Crippen LogP contribution in [0.2, 0.25) is 20.5 Å². The van der Waals surface area contributed by atoms with E-state index in [1.54, 1.807) is 25.4 Å². The highest BCUT2D eigenvalue weighted by molar-refractivity contribution is 6.51. The van der Waals surface area contributed by atoms with E-state index < -0.39 is 57.5 Å². The summed E-state index contributed by atoms with van der Waals surface area (Å²) in [4.78, 5) is 59.8. The van der Waals surface area contributed by atoms with Gasteiger partial charge in [-0.05, 0) is 285 Å². The van der Waals surface area contributed by atoms with Gasteiger partial charge in [-0.1, -0.05) is 44.7 Å². The molecule has 16 bridgehead atoms. The number of carbonyl (C=O) groups is 4. The monoisotopic (exact) mass is 1320 g/mol. The normalized spacial score (nSPS) is 43.6. The third-order valence-corrected chi connectivity index (χ3v) is 29.5. The molecule has 0 radical (unpaired) electrons. The van der Waals surface area contributed by atoms with E-state index in [9.17, 15) is 49.4 Å². The number of hydrogen-bond donors (Lipinski definition) is 10. The number of likely N-dealkylation sites (tertiary alicyclic amines) is 3. The first-order valence-corrected chi connectivity index (χ1v) is 38.1. The van der Waals surface area contributed by atoms with E-state index in [0.29, 0.717) is 43.2 Å². The van der Waals surface area contributed by atoms with Crippen LogP contribution in [0, 0.1) is 80.8 Å². The zero-order valence-corrected chi connectivity index (χ0v) is 57.6. The first kappa shape index (κ1) is 68.4. The molecule has 0 aromatic heterocycles. The third kappa shape index (κ3) is 12.5. The predicted molar refractivity (Wildman–Crippen MR) is 367 cm³/mol. The molecule has 19 fully saturated rings. The number of nitrogens with zero attached hydrogens (tertiary/aromatic N) is 4. The van der Waals surface area contributed by atoms with E-state index in [4.69, 9.17) is 34.5 Å². The van der Waals surface area contributed by atoms with Gasteiger partial charge in [0, 0.05) is 48.9 Å². The highest BCUT2D eigenvalue weighted by Gasteiger charge is 2.64. The molecule has 21 rings (SSSR count). The summed E-state index contributed by atoms with van der Waals surface area (Å²) >= 11 is 6.89. The van der Waals surface area contributed by atoms with Crippen LogP contribution in [-0.4, -0.2) is 173 Å². The molecule has 94 heavy (non-hydrogen) atoms. The molecule has 4 aliphatic heterocycles. The van der Waals surface area contributed by atoms with Crippen LogP contribution in [0.4, 0.5) is 0 Å². The van der Waals surface area contributed by atoms with Gasteiger partial charge >= 0.3 is 27.9 Å². The van der Waals surface area contributed by atoms with Gasteiger partial charge in [-0.2, -0.15) is 0 Å². The lowest BCUT2D eigenvalue weighted by Gasteiger charge is -2.61. The second-order valence-electron chi connectivity index (χ2n) is 36.0. The third-order valence-electron chi connectivity index (χ3n) is 29.0. The van der Waals surface area contributed by atoms with Crippen LogP contribution in [0.5, 0.6) is 0 Å². The van der Waals surface area contributed by atoms with Gasteiger partial charge in [0.15, 0.2) is 0 Å². The number of rotatable bonds is 12. The van der Waals surface area contributed by atoms with Crippen molar-refractivity contribution in [3.63, 3.8) is 0 Å². The number of halogens is 1. The van der Waals surface area contributed by atoms with Crippen molar-refractivity contribution in [3.8, 4) is 0 Å². The van der Waals surface area contributed by atoms with Gasteiger partial charge in [-0.25, -0.2) is 0 Å². The highest BCUT2D eigenvalue weighted by Crippen LogP contribution is 2.67. The van der Waals surface area contributed by atoms with Crippen molar-refractivity contribution in [2.45, 2.75) is 278 Å². The van der Waals surface area contributed by atoms with Gasteiger partial charge in [0.2, 0.25) is 23.6 Å². The van der Waals surface area contributed by atoms with Gasteiger partial charge < -0.3 is 72.8 Å². The van der Waals surface area contributed by atoms with E-state index in [-0.39, 0.29) is 74.0 Å². The van der Waals surface area contributed by atoms with Crippen molar-refractivity contribution in [2.75, 3.05) is 19.6 Å². The lowest BCUT2D eigenvalue weighted by molar-refractivity contribution is -0.177.